The number of hydrogen-bond donors (Lipinski definition) is 0. The first kappa shape index (κ1) is 23.0. The second-order valence-electron chi connectivity index (χ2n) is 4.29. The predicted octanol–water partition coefficient (Wildman–Crippen LogP) is 3.19. The summed E-state index contributed by atoms with van der Waals surface area (Å²) in [4.78, 5) is 0. The zero-order chi connectivity index (χ0) is 15.8. The Morgan fingerprint density at radius 1 is 0.850 bits per heavy atom. The SMILES string of the molecule is CC1COP(=S)([S-])OC1.CC1COP(=S)([S-])OC1.[Cl][Bi+2]. The second-order valence-corrected chi connectivity index (χ2v) is 14.3. The van der Waals surface area contributed by atoms with Crippen molar-refractivity contribution in [2.24, 2.45) is 11.8 Å². The van der Waals surface area contributed by atoms with Crippen molar-refractivity contribution >= 4 is 91.5 Å². The van der Waals surface area contributed by atoms with Crippen LogP contribution in [0.2, 0.25) is 0 Å². The van der Waals surface area contributed by atoms with Gasteiger partial charge in [0, 0.05) is 11.8 Å². The molecule has 118 valence electrons. The van der Waals surface area contributed by atoms with Crippen LogP contribution in [0.25, 0.3) is 0 Å². The Morgan fingerprint density at radius 3 is 1.20 bits per heavy atom. The third-order valence-electron chi connectivity index (χ3n) is 2.07. The molecule has 2 aliphatic heterocycles. The number of halogens is 1. The molecule has 0 aliphatic carbocycles. The maximum atomic E-state index is 5.10. The monoisotopic (exact) mass is 610 g/mol. The van der Waals surface area contributed by atoms with Gasteiger partial charge in [0.2, 0.25) is 0 Å². The normalized spacial score (nSPS) is 40.6. The van der Waals surface area contributed by atoms with Crippen molar-refractivity contribution in [3.8, 4) is 0 Å². The van der Waals surface area contributed by atoms with Gasteiger partial charge in [0.1, 0.15) is 0 Å². The van der Waals surface area contributed by atoms with E-state index in [1.165, 1.54) is 0 Å². The van der Waals surface area contributed by atoms with Gasteiger partial charge in [0.25, 0.3) is 0 Å². The summed E-state index contributed by atoms with van der Waals surface area (Å²) in [6.45, 7) is 6.76. The molecule has 0 unspecified atom stereocenters. The van der Waals surface area contributed by atoms with E-state index in [1.807, 2.05) is 13.8 Å². The molecule has 0 aromatic carbocycles. The van der Waals surface area contributed by atoms with Crippen LogP contribution >= 0.6 is 19.9 Å². The zero-order valence-electron chi connectivity index (χ0n) is 11.0. The van der Waals surface area contributed by atoms with E-state index in [1.54, 1.807) is 0 Å². The Bertz CT molecular complexity index is 320. The summed E-state index contributed by atoms with van der Waals surface area (Å²) >= 11 is 20.2. The van der Waals surface area contributed by atoms with Gasteiger partial charge in [-0.15, -0.1) is 0 Å². The van der Waals surface area contributed by atoms with Crippen LogP contribution in [0, 0.1) is 11.8 Å². The first-order chi connectivity index (χ1) is 9.20. The Labute approximate surface area is 160 Å². The van der Waals surface area contributed by atoms with E-state index < -0.39 is 11.4 Å². The Morgan fingerprint density at radius 2 is 1.05 bits per heavy atom. The van der Waals surface area contributed by atoms with Crippen molar-refractivity contribution in [3.05, 3.63) is 0 Å². The van der Waals surface area contributed by atoms with Crippen molar-refractivity contribution in [1.82, 2.24) is 0 Å². The molecular weight excluding hydrogens is 595 g/mol. The van der Waals surface area contributed by atoms with Gasteiger partial charge in [-0.05, 0) is 0 Å². The molecule has 0 aromatic heterocycles. The summed E-state index contributed by atoms with van der Waals surface area (Å²) < 4.78 is 20.4. The minimum atomic E-state index is -2.21. The van der Waals surface area contributed by atoms with E-state index in [0.29, 0.717) is 38.3 Å². The molecule has 0 bridgehead atoms. The van der Waals surface area contributed by atoms with Crippen molar-refractivity contribution in [2.75, 3.05) is 26.4 Å². The number of rotatable bonds is 0. The molecule has 0 amide bonds. The molecule has 2 saturated heterocycles. The van der Waals surface area contributed by atoms with Gasteiger partial charge in [0.05, 0.1) is 37.8 Å². The quantitative estimate of drug-likeness (QED) is 0.235. The van der Waals surface area contributed by atoms with E-state index >= 15 is 0 Å². The topological polar surface area (TPSA) is 36.9 Å². The Kier molecular flexibility index (Phi) is 13.3. The molecule has 0 aromatic rings. The fourth-order valence-electron chi connectivity index (χ4n) is 1.04. The molecule has 0 saturated carbocycles. The second kappa shape index (κ2) is 11.5. The van der Waals surface area contributed by atoms with E-state index in [9.17, 15) is 0 Å². The molecule has 2 rings (SSSR count). The van der Waals surface area contributed by atoms with Crippen LogP contribution in [0.4, 0.5) is 0 Å². The molecule has 20 heavy (non-hydrogen) atoms. The van der Waals surface area contributed by atoms with Crippen molar-refractivity contribution < 1.29 is 18.1 Å². The van der Waals surface area contributed by atoms with E-state index in [2.05, 4.69) is 0 Å². The van der Waals surface area contributed by atoms with E-state index in [4.69, 9.17) is 74.7 Å². The molecule has 2 radical (unpaired) electrons. The van der Waals surface area contributed by atoms with Gasteiger partial charge < -0.3 is 42.6 Å². The van der Waals surface area contributed by atoms with Crippen molar-refractivity contribution in [2.45, 2.75) is 13.8 Å². The maximum absolute atomic E-state index is 5.10. The average Bonchev–Trinajstić information content (AvgIpc) is 2.40. The predicted molar refractivity (Wildman–Crippen MR) is 97.0 cm³/mol. The first-order valence-electron chi connectivity index (χ1n) is 5.57. The summed E-state index contributed by atoms with van der Waals surface area (Å²) in [6.07, 6.45) is 0. The Hall–Kier alpha value is 3.01. The fraction of sp³-hybridized carbons (Fsp3) is 1.00. The molecule has 12 heteroatoms. The molecule has 2 heterocycles. The zero-order valence-corrected chi connectivity index (χ0v) is 20.3. The van der Waals surface area contributed by atoms with Crippen LogP contribution in [0.5, 0.6) is 0 Å². The van der Waals surface area contributed by atoms with Gasteiger partial charge in [-0.2, -0.15) is 0 Å². The first-order valence-corrected chi connectivity index (χ1v) is 17.2. The molecule has 0 atom stereocenters. The Balaban J connectivity index is 0.000000321. The molecule has 4 nitrogen and oxygen atoms in total. The fourth-order valence-corrected chi connectivity index (χ4v) is 4.40. The van der Waals surface area contributed by atoms with Crippen LogP contribution in [0.3, 0.4) is 0 Å². The van der Waals surface area contributed by atoms with Crippen LogP contribution < -0.4 is 0 Å². The molecule has 2 aliphatic rings. The molecular formula is C8H16BiClO4P2S4. The average molecular weight is 611 g/mol. The molecule has 0 spiro atoms. The molecule has 2 fully saturated rings. The van der Waals surface area contributed by atoms with Crippen LogP contribution in [0.15, 0.2) is 0 Å². The summed E-state index contributed by atoms with van der Waals surface area (Å²) in [5, 5.41) is 0. The van der Waals surface area contributed by atoms with Crippen LogP contribution in [0.1, 0.15) is 13.8 Å². The van der Waals surface area contributed by atoms with E-state index in [-0.39, 0.29) is 0 Å². The van der Waals surface area contributed by atoms with Crippen molar-refractivity contribution in [3.63, 3.8) is 0 Å². The van der Waals surface area contributed by atoms with Gasteiger partial charge in [-0.3, -0.25) is 0 Å². The van der Waals surface area contributed by atoms with E-state index in [0.717, 1.165) is 23.5 Å². The third-order valence-corrected chi connectivity index (χ3v) is 6.46. The summed E-state index contributed by atoms with van der Waals surface area (Å²) in [5.41, 5.74) is -4.41. The minimum absolute atomic E-state index is 0.448. The van der Waals surface area contributed by atoms with Gasteiger partial charge in [-0.1, -0.05) is 37.5 Å². The summed E-state index contributed by atoms with van der Waals surface area (Å²) in [5.74, 6) is 0.896. The standard InChI is InChI=1S/2C4H9O2PS2.Bi.ClH/c2*1-4-2-5-7(8,9)6-3-4;;/h2*4H,2-3H2,1H3,(H,8,9);;1H/q;;+3;/p-3. The van der Waals surface area contributed by atoms with Crippen molar-refractivity contribution in [1.29, 1.82) is 0 Å². The van der Waals surface area contributed by atoms with Gasteiger partial charge in [0.15, 0.2) is 0 Å². The van der Waals surface area contributed by atoms with Gasteiger partial charge >= 0.3 is 32.0 Å². The van der Waals surface area contributed by atoms with Crippen LogP contribution in [-0.2, 0) is 66.2 Å². The summed E-state index contributed by atoms with van der Waals surface area (Å²) in [6, 6.07) is 0. The summed E-state index contributed by atoms with van der Waals surface area (Å²) in [7, 11) is 4.75. The molecule has 0 N–H and O–H groups in total. The van der Waals surface area contributed by atoms with Gasteiger partial charge in [-0.25, -0.2) is 0 Å². The van der Waals surface area contributed by atoms with Crippen LogP contribution in [-0.4, -0.2) is 50.0 Å². The number of hydrogen-bond acceptors (Lipinski definition) is 8. The third kappa shape index (κ3) is 11.5.